The van der Waals surface area contributed by atoms with Gasteiger partial charge in [-0.3, -0.25) is 9.63 Å². The molecule has 0 spiro atoms. The first-order valence-corrected chi connectivity index (χ1v) is 9.24. The molecule has 2 rings (SSSR count). The van der Waals surface area contributed by atoms with Crippen molar-refractivity contribution in [2.45, 2.75) is 46.8 Å². The van der Waals surface area contributed by atoms with Crippen LogP contribution in [0.3, 0.4) is 0 Å². The van der Waals surface area contributed by atoms with Crippen molar-refractivity contribution < 1.29 is 19.2 Å². The monoisotopic (exact) mass is 397 g/mol. The Kier molecular flexibility index (Phi) is 6.50. The number of amides is 1. The van der Waals surface area contributed by atoms with Crippen LogP contribution in [0.15, 0.2) is 24.3 Å². The normalized spacial score (nSPS) is 11.1. The number of aromatic nitrogens is 1. The van der Waals surface area contributed by atoms with Crippen LogP contribution in [0.4, 0.5) is 0 Å². The Morgan fingerprint density at radius 1 is 1.14 bits per heavy atom. The summed E-state index contributed by atoms with van der Waals surface area (Å²) in [5, 5.41) is 10.2. The maximum absolute atomic E-state index is 13.0. The minimum atomic E-state index is -0.659. The summed E-state index contributed by atoms with van der Waals surface area (Å²) in [5.74, 6) is -0.709. The van der Waals surface area contributed by atoms with Gasteiger partial charge in [-0.1, -0.05) is 12.1 Å². The zero-order valence-corrected chi connectivity index (χ0v) is 18.0. The van der Waals surface area contributed by atoms with Crippen LogP contribution in [0.1, 0.15) is 48.1 Å². The van der Waals surface area contributed by atoms with Crippen LogP contribution in [0.25, 0.3) is 11.1 Å². The summed E-state index contributed by atoms with van der Waals surface area (Å²) in [6.07, 6.45) is 0. The summed E-state index contributed by atoms with van der Waals surface area (Å²) in [6.45, 7) is 9.09. The average molecular weight is 397 g/mol. The number of hydroxylamine groups is 2. The van der Waals surface area contributed by atoms with Gasteiger partial charge in [-0.2, -0.15) is 5.26 Å². The highest BCUT2D eigenvalue weighted by atomic mass is 16.7. The molecule has 2 aromatic rings. The van der Waals surface area contributed by atoms with E-state index in [0.29, 0.717) is 22.4 Å². The van der Waals surface area contributed by atoms with Gasteiger partial charge in [0.15, 0.2) is 0 Å². The average Bonchev–Trinajstić information content (AvgIpc) is 2.90. The van der Waals surface area contributed by atoms with Gasteiger partial charge in [0, 0.05) is 24.0 Å². The lowest BCUT2D eigenvalue weighted by Crippen LogP contribution is -2.30. The van der Waals surface area contributed by atoms with Crippen LogP contribution in [0, 0.1) is 25.2 Å². The smallest absolute Gasteiger partial charge is 0.341 e. The van der Waals surface area contributed by atoms with Gasteiger partial charge in [-0.05, 0) is 52.3 Å². The van der Waals surface area contributed by atoms with Crippen molar-refractivity contribution in [2.75, 3.05) is 14.2 Å². The van der Waals surface area contributed by atoms with E-state index in [1.54, 1.807) is 35.8 Å². The number of ether oxygens (including phenoxy) is 1. The number of nitrogens with zero attached hydrogens (tertiary/aromatic N) is 3. The van der Waals surface area contributed by atoms with Crippen molar-refractivity contribution in [1.29, 1.82) is 5.26 Å². The molecule has 29 heavy (non-hydrogen) atoms. The first-order valence-electron chi connectivity index (χ1n) is 9.24. The number of hydrogen-bond donors (Lipinski definition) is 0. The fourth-order valence-electron chi connectivity index (χ4n) is 3.10. The highest BCUT2D eigenvalue weighted by Crippen LogP contribution is 2.34. The highest BCUT2D eigenvalue weighted by Gasteiger charge is 2.29. The quantitative estimate of drug-likeness (QED) is 0.568. The first kappa shape index (κ1) is 22.2. The minimum Gasteiger partial charge on any atom is -0.456 e. The standard InChI is InChI=1S/C22H27N3O4/c1-14-19(17-10-8-16(12-23)9-11-17)20(21(27)29-22(3,4)5)15(2)25(14)13-18(26)24(6)28-7/h8-11H,13H2,1-7H3. The molecule has 0 aliphatic rings. The van der Waals surface area contributed by atoms with Gasteiger partial charge in [0.25, 0.3) is 5.91 Å². The zero-order chi connectivity index (χ0) is 21.9. The maximum atomic E-state index is 13.0. The molecule has 1 heterocycles. The van der Waals surface area contributed by atoms with E-state index in [9.17, 15) is 9.59 Å². The molecule has 0 saturated heterocycles. The molecule has 0 unspecified atom stereocenters. The molecular formula is C22H27N3O4. The van der Waals surface area contributed by atoms with E-state index in [1.165, 1.54) is 14.2 Å². The third kappa shape index (κ3) is 4.84. The Hall–Kier alpha value is -3.11. The van der Waals surface area contributed by atoms with Crippen LogP contribution >= 0.6 is 0 Å². The van der Waals surface area contributed by atoms with Gasteiger partial charge in [0.05, 0.1) is 24.3 Å². The molecule has 0 atom stereocenters. The molecule has 1 aromatic carbocycles. The maximum Gasteiger partial charge on any atom is 0.341 e. The van der Waals surface area contributed by atoms with E-state index in [1.807, 2.05) is 27.7 Å². The Morgan fingerprint density at radius 3 is 2.21 bits per heavy atom. The van der Waals surface area contributed by atoms with Gasteiger partial charge >= 0.3 is 5.97 Å². The molecule has 7 nitrogen and oxygen atoms in total. The summed E-state index contributed by atoms with van der Waals surface area (Å²) in [4.78, 5) is 30.4. The molecule has 0 aliphatic carbocycles. The summed E-state index contributed by atoms with van der Waals surface area (Å²) >= 11 is 0. The number of nitriles is 1. The molecule has 154 valence electrons. The Balaban J connectivity index is 2.65. The topological polar surface area (TPSA) is 84.6 Å². The number of rotatable bonds is 5. The van der Waals surface area contributed by atoms with Crippen LogP contribution in [-0.2, 0) is 20.9 Å². The lowest BCUT2D eigenvalue weighted by Gasteiger charge is -2.20. The molecule has 7 heteroatoms. The molecule has 0 fully saturated rings. The number of benzene rings is 1. The summed E-state index contributed by atoms with van der Waals surface area (Å²) in [5.41, 5.74) is 3.13. The Labute approximate surface area is 171 Å². The second-order valence-electron chi connectivity index (χ2n) is 7.77. The van der Waals surface area contributed by atoms with E-state index in [4.69, 9.17) is 14.8 Å². The third-order valence-corrected chi connectivity index (χ3v) is 4.61. The molecule has 1 amide bonds. The van der Waals surface area contributed by atoms with Gasteiger partial charge in [0.2, 0.25) is 0 Å². The van der Waals surface area contributed by atoms with E-state index in [2.05, 4.69) is 6.07 Å². The second kappa shape index (κ2) is 8.50. The van der Waals surface area contributed by atoms with Crippen molar-refractivity contribution in [3.8, 4) is 17.2 Å². The van der Waals surface area contributed by atoms with Crippen molar-refractivity contribution in [1.82, 2.24) is 9.63 Å². The largest absolute Gasteiger partial charge is 0.456 e. The first-order chi connectivity index (χ1) is 13.5. The van der Waals surface area contributed by atoms with Crippen LogP contribution in [0.2, 0.25) is 0 Å². The summed E-state index contributed by atoms with van der Waals surface area (Å²) < 4.78 is 7.41. The van der Waals surface area contributed by atoms with Gasteiger partial charge in [-0.25, -0.2) is 9.86 Å². The summed E-state index contributed by atoms with van der Waals surface area (Å²) in [6, 6.07) is 9.07. The lowest BCUT2D eigenvalue weighted by molar-refractivity contribution is -0.169. The molecule has 0 N–H and O–H groups in total. The van der Waals surface area contributed by atoms with Crippen molar-refractivity contribution >= 4 is 11.9 Å². The van der Waals surface area contributed by atoms with E-state index in [0.717, 1.165) is 16.3 Å². The summed E-state index contributed by atoms with van der Waals surface area (Å²) in [7, 11) is 2.95. The van der Waals surface area contributed by atoms with Crippen LogP contribution in [0.5, 0.6) is 0 Å². The number of carbonyl (C=O) groups excluding carboxylic acids is 2. The molecule has 1 aromatic heterocycles. The van der Waals surface area contributed by atoms with Crippen molar-refractivity contribution in [3.63, 3.8) is 0 Å². The van der Waals surface area contributed by atoms with Crippen molar-refractivity contribution in [2.24, 2.45) is 0 Å². The van der Waals surface area contributed by atoms with Gasteiger partial charge in [-0.15, -0.1) is 0 Å². The van der Waals surface area contributed by atoms with Gasteiger partial charge < -0.3 is 9.30 Å². The number of carbonyl (C=O) groups is 2. The zero-order valence-electron chi connectivity index (χ0n) is 18.0. The molecule has 0 saturated carbocycles. The predicted molar refractivity (Wildman–Crippen MR) is 109 cm³/mol. The van der Waals surface area contributed by atoms with E-state index < -0.39 is 11.6 Å². The van der Waals surface area contributed by atoms with E-state index >= 15 is 0 Å². The molecule has 0 bridgehead atoms. The van der Waals surface area contributed by atoms with E-state index in [-0.39, 0.29) is 12.5 Å². The molecule has 0 radical (unpaired) electrons. The Morgan fingerprint density at radius 2 is 1.72 bits per heavy atom. The molecular weight excluding hydrogens is 370 g/mol. The predicted octanol–water partition coefficient (Wildman–Crippen LogP) is 3.62. The fraction of sp³-hybridized carbons (Fsp3) is 0.409. The van der Waals surface area contributed by atoms with Crippen LogP contribution in [-0.4, -0.2) is 41.3 Å². The number of esters is 1. The SMILES string of the molecule is CON(C)C(=O)Cn1c(C)c(C(=O)OC(C)(C)C)c(-c2ccc(C#N)cc2)c1C. The lowest BCUT2D eigenvalue weighted by atomic mass is 9.99. The minimum absolute atomic E-state index is 0.0219. The van der Waals surface area contributed by atoms with Crippen LogP contribution < -0.4 is 0 Å². The number of hydrogen-bond acceptors (Lipinski definition) is 5. The fourth-order valence-corrected chi connectivity index (χ4v) is 3.10. The van der Waals surface area contributed by atoms with Gasteiger partial charge in [0.1, 0.15) is 12.1 Å². The van der Waals surface area contributed by atoms with Crippen molar-refractivity contribution in [3.05, 3.63) is 46.8 Å². The number of likely N-dealkylation sites (N-methyl/N-ethyl adjacent to an activating group) is 1. The Bertz CT molecular complexity index is 960. The third-order valence-electron chi connectivity index (χ3n) is 4.61. The molecule has 0 aliphatic heterocycles. The highest BCUT2D eigenvalue weighted by molar-refractivity contribution is 6.00. The second-order valence-corrected chi connectivity index (χ2v) is 7.77.